The van der Waals surface area contributed by atoms with Crippen LogP contribution in [0, 0.1) is 5.92 Å². The zero-order chi connectivity index (χ0) is 22.1. The molecule has 2 aromatic rings. The molecule has 166 valence electrons. The van der Waals surface area contributed by atoms with Crippen LogP contribution in [0.3, 0.4) is 0 Å². The lowest BCUT2D eigenvalue weighted by Crippen LogP contribution is -2.48. The van der Waals surface area contributed by atoms with Gasteiger partial charge in [-0.15, -0.1) is 0 Å². The molecule has 0 spiro atoms. The van der Waals surface area contributed by atoms with Crippen LogP contribution >= 0.6 is 0 Å². The number of anilines is 1. The van der Waals surface area contributed by atoms with Crippen molar-refractivity contribution in [1.82, 2.24) is 14.5 Å². The highest BCUT2D eigenvalue weighted by molar-refractivity contribution is 5.85. The molecule has 1 aliphatic heterocycles. The smallest absolute Gasteiger partial charge is 0.410 e. The van der Waals surface area contributed by atoms with Crippen LogP contribution in [0.4, 0.5) is 10.5 Å². The summed E-state index contributed by atoms with van der Waals surface area (Å²) in [4.78, 5) is 28.7. The minimum atomic E-state index is -0.525. The van der Waals surface area contributed by atoms with Crippen molar-refractivity contribution in [3.63, 3.8) is 0 Å². The molecule has 9 heteroatoms. The molecule has 9 nitrogen and oxygen atoms in total. The lowest BCUT2D eigenvalue weighted by molar-refractivity contribution is -0.0375. The molecule has 0 bridgehead atoms. The van der Waals surface area contributed by atoms with E-state index in [-0.39, 0.29) is 17.9 Å². The fourth-order valence-electron chi connectivity index (χ4n) is 3.74. The number of nitrogens with one attached hydrogen (secondary N) is 1. The Labute approximate surface area is 176 Å². The number of aromatic amines is 1. The van der Waals surface area contributed by atoms with Crippen LogP contribution < -0.4 is 16.2 Å². The quantitative estimate of drug-likeness (QED) is 0.568. The van der Waals surface area contributed by atoms with Gasteiger partial charge in [0.05, 0.1) is 24.8 Å². The van der Waals surface area contributed by atoms with Gasteiger partial charge in [0.15, 0.2) is 0 Å². The normalized spacial score (nSPS) is 19.8. The SMILES string of the molecule is C[C@@H]1C[C@H](OCCOc2cc(N)cc3[nH]c(=O)n(C)c23)CN(C(=O)OC(C)(C)C)C1. The number of nitrogens with zero attached hydrogens (tertiary/aromatic N) is 2. The van der Waals surface area contributed by atoms with E-state index >= 15 is 0 Å². The molecule has 0 saturated carbocycles. The summed E-state index contributed by atoms with van der Waals surface area (Å²) in [6.45, 7) is 9.48. The first-order chi connectivity index (χ1) is 14.0. The summed E-state index contributed by atoms with van der Waals surface area (Å²) in [6.07, 6.45) is 0.477. The maximum Gasteiger partial charge on any atom is 0.410 e. The topological polar surface area (TPSA) is 112 Å². The van der Waals surface area contributed by atoms with Gasteiger partial charge in [-0.25, -0.2) is 9.59 Å². The molecule has 1 saturated heterocycles. The second-order valence-electron chi connectivity index (χ2n) is 8.97. The predicted octanol–water partition coefficient (Wildman–Crippen LogP) is 2.49. The van der Waals surface area contributed by atoms with E-state index in [0.717, 1.165) is 6.42 Å². The average Bonchev–Trinajstić information content (AvgIpc) is 2.90. The molecule has 0 radical (unpaired) electrons. The third-order valence-electron chi connectivity index (χ3n) is 4.95. The third-order valence-corrected chi connectivity index (χ3v) is 4.95. The number of carbonyl (C=O) groups excluding carboxylic acids is 1. The molecule has 2 atom stereocenters. The van der Waals surface area contributed by atoms with Crippen molar-refractivity contribution in [2.45, 2.75) is 45.8 Å². The van der Waals surface area contributed by atoms with E-state index in [1.807, 2.05) is 20.8 Å². The molecule has 1 aromatic heterocycles. The minimum absolute atomic E-state index is 0.0812. The molecule has 30 heavy (non-hydrogen) atoms. The van der Waals surface area contributed by atoms with Gasteiger partial charge in [-0.3, -0.25) is 4.57 Å². The molecular formula is C21H32N4O5. The Balaban J connectivity index is 1.56. The van der Waals surface area contributed by atoms with E-state index in [1.165, 1.54) is 4.57 Å². The Bertz CT molecular complexity index is 959. The van der Waals surface area contributed by atoms with Crippen LogP contribution in [0.25, 0.3) is 11.0 Å². The van der Waals surface area contributed by atoms with Gasteiger partial charge in [0.1, 0.15) is 23.5 Å². The molecule has 1 aliphatic rings. The summed E-state index contributed by atoms with van der Waals surface area (Å²) in [7, 11) is 1.68. The molecule has 1 amide bonds. The number of carbonyl (C=O) groups is 1. The monoisotopic (exact) mass is 420 g/mol. The number of imidazole rings is 1. The zero-order valence-electron chi connectivity index (χ0n) is 18.4. The van der Waals surface area contributed by atoms with Crippen molar-refractivity contribution >= 4 is 22.8 Å². The highest BCUT2D eigenvalue weighted by Crippen LogP contribution is 2.27. The molecule has 3 rings (SSSR count). The van der Waals surface area contributed by atoms with Gasteiger partial charge in [0.2, 0.25) is 0 Å². The van der Waals surface area contributed by atoms with Crippen molar-refractivity contribution in [2.75, 3.05) is 32.0 Å². The first-order valence-electron chi connectivity index (χ1n) is 10.2. The molecular weight excluding hydrogens is 388 g/mol. The van der Waals surface area contributed by atoms with Gasteiger partial charge in [-0.05, 0) is 39.2 Å². The van der Waals surface area contributed by atoms with E-state index in [9.17, 15) is 9.59 Å². The van der Waals surface area contributed by atoms with E-state index in [1.54, 1.807) is 24.1 Å². The molecule has 0 unspecified atom stereocenters. The number of aryl methyl sites for hydroxylation is 1. The van der Waals surface area contributed by atoms with E-state index in [0.29, 0.717) is 54.7 Å². The largest absolute Gasteiger partial charge is 0.489 e. The predicted molar refractivity (Wildman–Crippen MR) is 115 cm³/mol. The summed E-state index contributed by atoms with van der Waals surface area (Å²) < 4.78 is 18.8. The van der Waals surface area contributed by atoms with Crippen molar-refractivity contribution < 1.29 is 19.0 Å². The molecule has 0 aliphatic carbocycles. The summed E-state index contributed by atoms with van der Waals surface area (Å²) >= 11 is 0. The van der Waals surface area contributed by atoms with Crippen molar-refractivity contribution in [3.05, 3.63) is 22.6 Å². The first kappa shape index (κ1) is 22.0. The fourth-order valence-corrected chi connectivity index (χ4v) is 3.74. The van der Waals surface area contributed by atoms with Crippen LogP contribution in [0.15, 0.2) is 16.9 Å². The first-order valence-corrected chi connectivity index (χ1v) is 10.2. The third kappa shape index (κ3) is 5.27. The number of nitrogens with two attached hydrogens (primary N) is 1. The van der Waals surface area contributed by atoms with Gasteiger partial charge >= 0.3 is 11.8 Å². The number of aromatic nitrogens is 2. The molecule has 1 fully saturated rings. The van der Waals surface area contributed by atoms with Crippen LogP contribution in [0.1, 0.15) is 34.1 Å². The maximum atomic E-state index is 12.4. The number of ether oxygens (including phenoxy) is 3. The number of rotatable bonds is 5. The number of amides is 1. The highest BCUT2D eigenvalue weighted by Gasteiger charge is 2.31. The van der Waals surface area contributed by atoms with Crippen LogP contribution in [-0.4, -0.2) is 58.6 Å². The van der Waals surface area contributed by atoms with E-state index in [2.05, 4.69) is 11.9 Å². The van der Waals surface area contributed by atoms with Gasteiger partial charge in [-0.1, -0.05) is 6.92 Å². The Hall–Kier alpha value is -2.68. The summed E-state index contributed by atoms with van der Waals surface area (Å²) in [5.41, 5.74) is 6.97. The Kier molecular flexibility index (Phi) is 6.30. The van der Waals surface area contributed by atoms with Gasteiger partial charge in [-0.2, -0.15) is 0 Å². The fraction of sp³-hybridized carbons (Fsp3) is 0.619. The second kappa shape index (κ2) is 8.59. The summed E-state index contributed by atoms with van der Waals surface area (Å²) in [5.74, 6) is 0.849. The van der Waals surface area contributed by atoms with E-state index in [4.69, 9.17) is 19.9 Å². The molecule has 1 aromatic carbocycles. The lowest BCUT2D eigenvalue weighted by atomic mass is 9.98. The number of likely N-dealkylation sites (tertiary alicyclic amines) is 1. The van der Waals surface area contributed by atoms with Crippen molar-refractivity contribution in [1.29, 1.82) is 0 Å². The van der Waals surface area contributed by atoms with Gasteiger partial charge in [0.25, 0.3) is 0 Å². The number of benzene rings is 1. The zero-order valence-corrected chi connectivity index (χ0v) is 18.4. The van der Waals surface area contributed by atoms with Crippen molar-refractivity contribution in [2.24, 2.45) is 13.0 Å². The van der Waals surface area contributed by atoms with Gasteiger partial charge in [0, 0.05) is 25.3 Å². The Morgan fingerprint density at radius 3 is 2.70 bits per heavy atom. The highest BCUT2D eigenvalue weighted by atomic mass is 16.6. The standard InChI is InChI=1S/C21H32N4O5/c1-13-8-15(12-25(11-13)20(27)30-21(2,3)4)28-6-7-29-17-10-14(22)9-16-18(17)24(5)19(26)23-16/h9-10,13,15H,6-8,11-12,22H2,1-5H3,(H,23,26)/t13-,15+/m1/s1. The van der Waals surface area contributed by atoms with E-state index < -0.39 is 5.60 Å². The van der Waals surface area contributed by atoms with Crippen LogP contribution in [-0.2, 0) is 16.5 Å². The number of hydrogen-bond donors (Lipinski definition) is 2. The van der Waals surface area contributed by atoms with Crippen LogP contribution in [0.2, 0.25) is 0 Å². The summed E-state index contributed by atoms with van der Waals surface area (Å²) in [6, 6.07) is 3.40. The number of nitrogen functional groups attached to an aromatic ring is 1. The van der Waals surface area contributed by atoms with Crippen LogP contribution in [0.5, 0.6) is 5.75 Å². The summed E-state index contributed by atoms with van der Waals surface area (Å²) in [5, 5.41) is 0. The minimum Gasteiger partial charge on any atom is -0.489 e. The Morgan fingerprint density at radius 2 is 2.00 bits per heavy atom. The number of H-pyrrole nitrogens is 1. The molecule has 3 N–H and O–H groups in total. The Morgan fingerprint density at radius 1 is 1.27 bits per heavy atom. The maximum absolute atomic E-state index is 12.4. The molecule has 2 heterocycles. The number of fused-ring (bicyclic) bond motifs is 1. The van der Waals surface area contributed by atoms with Gasteiger partial charge < -0.3 is 29.8 Å². The average molecular weight is 421 g/mol. The number of piperidine rings is 1. The van der Waals surface area contributed by atoms with Crippen molar-refractivity contribution in [3.8, 4) is 5.75 Å². The number of hydrogen-bond acceptors (Lipinski definition) is 6. The lowest BCUT2D eigenvalue weighted by Gasteiger charge is -2.37. The second-order valence-corrected chi connectivity index (χ2v) is 8.97.